The molecule has 61 heavy (non-hydrogen) atoms. The molecule has 8 rings (SSSR count). The Morgan fingerprint density at radius 2 is 0.525 bits per heavy atom. The molecule has 0 radical (unpaired) electrons. The Balaban J connectivity index is 1.52. The van der Waals surface area contributed by atoms with Gasteiger partial charge in [0.15, 0.2) is 0 Å². The summed E-state index contributed by atoms with van der Waals surface area (Å²) in [6.45, 7) is 14.3. The number of allylic oxidation sites excluding steroid dienone is 24. The highest BCUT2D eigenvalue weighted by atomic mass is 16.5. The second kappa shape index (κ2) is 17.5. The first-order chi connectivity index (χ1) is 29.8. The van der Waals surface area contributed by atoms with Crippen molar-refractivity contribution in [3.05, 3.63) is 203 Å². The molecule has 6 unspecified atom stereocenters. The van der Waals surface area contributed by atoms with Crippen molar-refractivity contribution in [2.24, 2.45) is 0 Å². The fourth-order valence-corrected chi connectivity index (χ4v) is 11.6. The molecule has 1 heteroatoms. The molecule has 6 aliphatic rings. The largest absolute Gasteiger partial charge is 0.456 e. The summed E-state index contributed by atoms with van der Waals surface area (Å²) in [6, 6.07) is 10.4. The number of ether oxygens (including phenoxy) is 1. The molecule has 0 bridgehead atoms. The maximum atomic E-state index is 8.35. The summed E-state index contributed by atoms with van der Waals surface area (Å²) < 4.78 is 8.35. The molecule has 0 amide bonds. The number of benzene rings is 2. The molecule has 1 nitrogen and oxygen atoms in total. The molecule has 0 spiro atoms. The van der Waals surface area contributed by atoms with E-state index in [0.717, 1.165) is 88.5 Å². The van der Waals surface area contributed by atoms with Gasteiger partial charge in [-0.05, 0) is 88.2 Å². The normalized spacial score (nSPS) is 32.0. The summed E-state index contributed by atoms with van der Waals surface area (Å²) in [7, 11) is 0. The molecule has 0 aromatic heterocycles. The van der Waals surface area contributed by atoms with Gasteiger partial charge in [0, 0.05) is 54.7 Å². The average molecular weight is 807 g/mol. The van der Waals surface area contributed by atoms with E-state index in [1.54, 1.807) is 0 Å². The zero-order chi connectivity index (χ0) is 42.6. The van der Waals surface area contributed by atoms with Crippen molar-refractivity contribution < 1.29 is 4.74 Å². The summed E-state index contributed by atoms with van der Waals surface area (Å²) in [6.07, 6.45) is 68.1. The third-order valence-electron chi connectivity index (χ3n) is 16.3. The molecular formula is C60H70O. The van der Waals surface area contributed by atoms with Crippen LogP contribution in [0.2, 0.25) is 0 Å². The van der Waals surface area contributed by atoms with Crippen LogP contribution in [0.1, 0.15) is 152 Å². The second-order valence-electron chi connectivity index (χ2n) is 18.9. The highest BCUT2D eigenvalue weighted by Gasteiger charge is 2.44. The van der Waals surface area contributed by atoms with Gasteiger partial charge in [0.25, 0.3) is 0 Å². The molecular weight excluding hydrogens is 737 g/mol. The minimum atomic E-state index is -0.223. The fourth-order valence-electron chi connectivity index (χ4n) is 11.6. The molecule has 0 aliphatic heterocycles. The first-order valence-corrected chi connectivity index (χ1v) is 23.9. The highest BCUT2D eigenvalue weighted by molar-refractivity contribution is 5.64. The van der Waals surface area contributed by atoms with Gasteiger partial charge in [-0.2, -0.15) is 0 Å². The topological polar surface area (TPSA) is 9.23 Å². The summed E-state index contributed by atoms with van der Waals surface area (Å²) in [5.74, 6) is 2.14. The second-order valence-corrected chi connectivity index (χ2v) is 18.9. The standard InChI is InChI=1S/C60H70O/c1-7-55(31-19-13-20-32-55)47-43-49(57(9-3)35-23-15-24-36-57)53(50(44-47)58(10-4)37-25-16-26-38-58)61-54-51(59(11-5)39-27-17-28-40-59)45-48(56(8-2)33-21-14-22-34-56)46-52(54)60(12-6)41-29-18-30-42-60/h13-31,33,35,37,39,41,43-46H,7-12,32,34,36,38,40,42H2,1-6H3. The van der Waals surface area contributed by atoms with Gasteiger partial charge in [-0.1, -0.05) is 212 Å². The van der Waals surface area contributed by atoms with Gasteiger partial charge >= 0.3 is 0 Å². The average Bonchev–Trinajstić information content (AvgIpc) is 3.35. The maximum absolute atomic E-state index is 8.35. The molecule has 0 saturated carbocycles. The van der Waals surface area contributed by atoms with Gasteiger partial charge < -0.3 is 4.74 Å². The van der Waals surface area contributed by atoms with Gasteiger partial charge in [-0.15, -0.1) is 0 Å². The molecule has 0 heterocycles. The Morgan fingerprint density at radius 3 is 0.705 bits per heavy atom. The molecule has 0 saturated heterocycles. The van der Waals surface area contributed by atoms with Crippen molar-refractivity contribution in [1.29, 1.82) is 0 Å². The van der Waals surface area contributed by atoms with E-state index >= 15 is 0 Å². The SMILES string of the molecule is CCC1(c2cc(C3(CC)C=CC=CC3)c(Oc3c(C4(CC)C=CC=CC4)cc(C4(CC)C=CC=CC4)cc3C3(CC)C=CC=CC3)c(C3(CC)C=CC=CC3)c2)C=CC=CC1. The Labute approximate surface area is 369 Å². The molecule has 0 N–H and O–H groups in total. The maximum Gasteiger partial charge on any atom is 0.135 e. The fraction of sp³-hybridized carbons (Fsp3) is 0.400. The zero-order valence-electron chi connectivity index (χ0n) is 38.1. The quantitative estimate of drug-likeness (QED) is 0.185. The Hall–Kier alpha value is -4.88. The molecule has 2 aromatic carbocycles. The van der Waals surface area contributed by atoms with Crippen molar-refractivity contribution in [2.75, 3.05) is 0 Å². The van der Waals surface area contributed by atoms with Crippen LogP contribution in [-0.4, -0.2) is 0 Å². The number of hydrogen-bond acceptors (Lipinski definition) is 1. The predicted molar refractivity (Wildman–Crippen MR) is 262 cm³/mol. The van der Waals surface area contributed by atoms with Crippen molar-refractivity contribution >= 4 is 0 Å². The van der Waals surface area contributed by atoms with E-state index in [0.29, 0.717) is 0 Å². The lowest BCUT2D eigenvalue weighted by Crippen LogP contribution is -2.33. The third-order valence-corrected chi connectivity index (χ3v) is 16.3. The zero-order valence-corrected chi connectivity index (χ0v) is 38.1. The van der Waals surface area contributed by atoms with Gasteiger partial charge in [-0.3, -0.25) is 0 Å². The Morgan fingerprint density at radius 1 is 0.311 bits per heavy atom. The van der Waals surface area contributed by atoms with Crippen LogP contribution in [0.15, 0.2) is 170 Å². The lowest BCUT2D eigenvalue weighted by molar-refractivity contribution is 0.381. The van der Waals surface area contributed by atoms with E-state index in [9.17, 15) is 0 Å². The smallest absolute Gasteiger partial charge is 0.135 e. The van der Waals surface area contributed by atoms with Crippen LogP contribution in [0.4, 0.5) is 0 Å². The van der Waals surface area contributed by atoms with E-state index < -0.39 is 0 Å². The van der Waals surface area contributed by atoms with Crippen LogP contribution in [0.5, 0.6) is 11.5 Å². The van der Waals surface area contributed by atoms with E-state index in [2.05, 4.69) is 212 Å². The number of rotatable bonds is 14. The van der Waals surface area contributed by atoms with Crippen molar-refractivity contribution in [3.63, 3.8) is 0 Å². The molecule has 2 aromatic rings. The van der Waals surface area contributed by atoms with Gasteiger partial charge in [-0.25, -0.2) is 0 Å². The van der Waals surface area contributed by atoms with E-state index in [1.807, 2.05) is 0 Å². The summed E-state index contributed by atoms with van der Waals surface area (Å²) >= 11 is 0. The van der Waals surface area contributed by atoms with Gasteiger partial charge in [0.1, 0.15) is 11.5 Å². The summed E-state index contributed by atoms with van der Waals surface area (Å²) in [5, 5.41) is 0. The molecule has 316 valence electrons. The predicted octanol–water partition coefficient (Wildman–Crippen LogP) is 16.5. The van der Waals surface area contributed by atoms with E-state index in [4.69, 9.17) is 4.74 Å². The molecule has 6 aliphatic carbocycles. The van der Waals surface area contributed by atoms with Crippen molar-refractivity contribution in [2.45, 2.75) is 151 Å². The lowest BCUT2D eigenvalue weighted by Gasteiger charge is -2.43. The van der Waals surface area contributed by atoms with Crippen molar-refractivity contribution in [3.8, 4) is 11.5 Å². The minimum Gasteiger partial charge on any atom is -0.456 e. The number of hydrogen-bond donors (Lipinski definition) is 0. The highest BCUT2D eigenvalue weighted by Crippen LogP contribution is 2.57. The Kier molecular flexibility index (Phi) is 12.3. The monoisotopic (exact) mass is 807 g/mol. The molecule has 0 fully saturated rings. The summed E-state index contributed by atoms with van der Waals surface area (Å²) in [5.41, 5.74) is 7.06. The third kappa shape index (κ3) is 7.39. The van der Waals surface area contributed by atoms with Crippen LogP contribution in [0.25, 0.3) is 0 Å². The lowest BCUT2D eigenvalue weighted by atomic mass is 9.64. The minimum absolute atomic E-state index is 0.0888. The Bertz CT molecular complexity index is 2060. The van der Waals surface area contributed by atoms with Crippen LogP contribution in [-0.2, 0) is 32.5 Å². The first-order valence-electron chi connectivity index (χ1n) is 23.9. The van der Waals surface area contributed by atoms with Crippen LogP contribution in [0.3, 0.4) is 0 Å². The van der Waals surface area contributed by atoms with E-state index in [-0.39, 0.29) is 32.5 Å². The van der Waals surface area contributed by atoms with Crippen LogP contribution >= 0.6 is 0 Å². The van der Waals surface area contributed by atoms with Crippen molar-refractivity contribution in [1.82, 2.24) is 0 Å². The van der Waals surface area contributed by atoms with Gasteiger partial charge in [0.2, 0.25) is 0 Å². The molecule has 6 atom stereocenters. The van der Waals surface area contributed by atoms with Crippen LogP contribution in [0, 0.1) is 0 Å². The van der Waals surface area contributed by atoms with E-state index in [1.165, 1.54) is 33.4 Å². The first kappa shape index (κ1) is 42.8. The summed E-state index contributed by atoms with van der Waals surface area (Å²) in [4.78, 5) is 0. The van der Waals surface area contributed by atoms with Gasteiger partial charge in [0.05, 0.1) is 0 Å². The van der Waals surface area contributed by atoms with Crippen LogP contribution < -0.4 is 4.74 Å².